The highest BCUT2D eigenvalue weighted by molar-refractivity contribution is 5.95. The van der Waals surface area contributed by atoms with Crippen molar-refractivity contribution < 1.29 is 19.1 Å². The van der Waals surface area contributed by atoms with Crippen LogP contribution in [0.1, 0.15) is 36.5 Å². The molecule has 0 aliphatic heterocycles. The molecular weight excluding hydrogens is 394 g/mol. The van der Waals surface area contributed by atoms with Crippen molar-refractivity contribution in [3.8, 4) is 11.5 Å². The summed E-state index contributed by atoms with van der Waals surface area (Å²) in [6.45, 7) is 1.68. The van der Waals surface area contributed by atoms with E-state index in [9.17, 15) is 9.59 Å². The minimum atomic E-state index is -0.259. The molecule has 0 radical (unpaired) electrons. The van der Waals surface area contributed by atoms with E-state index < -0.39 is 0 Å². The van der Waals surface area contributed by atoms with E-state index in [1.807, 2.05) is 36.4 Å². The molecule has 162 valence electrons. The van der Waals surface area contributed by atoms with E-state index in [1.165, 1.54) is 0 Å². The SMILES string of the molecule is C[C@@H](CO)NC(=O)[C@H]1CC[C@@H](N(C)C(=O)c2ccc(-c3nc4ccccc4o3)cc2)C1. The molecule has 1 aliphatic rings. The van der Waals surface area contributed by atoms with Gasteiger partial charge in [0.15, 0.2) is 5.58 Å². The molecule has 2 N–H and O–H groups in total. The van der Waals surface area contributed by atoms with Crippen molar-refractivity contribution in [2.45, 2.75) is 38.3 Å². The Morgan fingerprint density at radius 3 is 2.65 bits per heavy atom. The zero-order valence-electron chi connectivity index (χ0n) is 17.7. The van der Waals surface area contributed by atoms with E-state index in [4.69, 9.17) is 9.52 Å². The van der Waals surface area contributed by atoms with Gasteiger partial charge in [-0.25, -0.2) is 4.98 Å². The third kappa shape index (κ3) is 4.46. The Morgan fingerprint density at radius 2 is 1.94 bits per heavy atom. The highest BCUT2D eigenvalue weighted by Crippen LogP contribution is 2.30. The van der Waals surface area contributed by atoms with Crippen molar-refractivity contribution >= 4 is 22.9 Å². The van der Waals surface area contributed by atoms with Crippen molar-refractivity contribution in [3.63, 3.8) is 0 Å². The average molecular weight is 421 g/mol. The molecule has 2 amide bonds. The van der Waals surface area contributed by atoms with Crippen LogP contribution in [0, 0.1) is 5.92 Å². The quantitative estimate of drug-likeness (QED) is 0.637. The molecule has 0 spiro atoms. The van der Waals surface area contributed by atoms with Gasteiger partial charge in [-0.2, -0.15) is 0 Å². The number of hydrogen-bond donors (Lipinski definition) is 2. The fourth-order valence-corrected chi connectivity index (χ4v) is 4.07. The number of oxazole rings is 1. The van der Waals surface area contributed by atoms with Crippen molar-refractivity contribution in [1.82, 2.24) is 15.2 Å². The molecule has 3 aromatic rings. The summed E-state index contributed by atoms with van der Waals surface area (Å²) in [5.74, 6) is 0.276. The number of amides is 2. The Kier molecular flexibility index (Phi) is 6.04. The van der Waals surface area contributed by atoms with Crippen LogP contribution in [0.2, 0.25) is 0 Å². The van der Waals surface area contributed by atoms with Gasteiger partial charge in [0, 0.05) is 36.2 Å². The van der Waals surface area contributed by atoms with Crippen LogP contribution < -0.4 is 5.32 Å². The minimum absolute atomic E-state index is 0.0180. The molecule has 0 bridgehead atoms. The zero-order valence-corrected chi connectivity index (χ0v) is 17.7. The summed E-state index contributed by atoms with van der Waals surface area (Å²) < 4.78 is 5.79. The monoisotopic (exact) mass is 421 g/mol. The van der Waals surface area contributed by atoms with Gasteiger partial charge in [-0.1, -0.05) is 12.1 Å². The summed E-state index contributed by atoms with van der Waals surface area (Å²) in [4.78, 5) is 31.5. The molecular formula is C24H27N3O4. The highest BCUT2D eigenvalue weighted by Gasteiger charge is 2.34. The van der Waals surface area contributed by atoms with Crippen LogP contribution >= 0.6 is 0 Å². The number of nitrogens with one attached hydrogen (secondary N) is 1. The molecule has 1 aliphatic carbocycles. The number of benzene rings is 2. The molecule has 2 aromatic carbocycles. The number of nitrogens with zero attached hydrogens (tertiary/aromatic N) is 2. The maximum Gasteiger partial charge on any atom is 0.253 e. The van der Waals surface area contributed by atoms with Crippen LogP contribution in [-0.2, 0) is 4.79 Å². The Morgan fingerprint density at radius 1 is 1.19 bits per heavy atom. The summed E-state index contributed by atoms with van der Waals surface area (Å²) in [7, 11) is 1.79. The molecule has 0 unspecified atom stereocenters. The summed E-state index contributed by atoms with van der Waals surface area (Å²) in [6.07, 6.45) is 2.16. The fraction of sp³-hybridized carbons (Fsp3) is 0.375. The number of carbonyl (C=O) groups is 2. The summed E-state index contributed by atoms with van der Waals surface area (Å²) in [5.41, 5.74) is 2.92. The van der Waals surface area contributed by atoms with E-state index in [1.54, 1.807) is 31.0 Å². The van der Waals surface area contributed by atoms with E-state index in [0.29, 0.717) is 17.9 Å². The van der Waals surface area contributed by atoms with Crippen LogP contribution in [0.3, 0.4) is 0 Å². The molecule has 0 saturated heterocycles. The number of aromatic nitrogens is 1. The topological polar surface area (TPSA) is 95.7 Å². The number of aliphatic hydroxyl groups is 1. The van der Waals surface area contributed by atoms with Gasteiger partial charge in [-0.05, 0) is 62.6 Å². The van der Waals surface area contributed by atoms with E-state index in [0.717, 1.165) is 29.5 Å². The van der Waals surface area contributed by atoms with Crippen LogP contribution in [-0.4, -0.2) is 52.5 Å². The molecule has 7 heteroatoms. The molecule has 31 heavy (non-hydrogen) atoms. The van der Waals surface area contributed by atoms with Crippen LogP contribution in [0.15, 0.2) is 52.9 Å². The van der Waals surface area contributed by atoms with Crippen molar-refractivity contribution in [2.75, 3.05) is 13.7 Å². The standard InChI is InChI=1S/C24H27N3O4/c1-15(14-28)25-22(29)18-11-12-19(13-18)27(2)24(30)17-9-7-16(8-10-17)23-26-20-5-3-4-6-21(20)31-23/h3-10,15,18-19,28H,11-14H2,1-2H3,(H,25,29)/t15-,18-,19+/m0/s1. The lowest BCUT2D eigenvalue weighted by Gasteiger charge is -2.25. The predicted octanol–water partition coefficient (Wildman–Crippen LogP) is 3.23. The van der Waals surface area contributed by atoms with Crippen LogP contribution in [0.5, 0.6) is 0 Å². The Balaban J connectivity index is 1.40. The van der Waals surface area contributed by atoms with Gasteiger partial charge in [0.25, 0.3) is 5.91 Å². The lowest BCUT2D eigenvalue weighted by molar-refractivity contribution is -0.125. The Bertz CT molecular complexity index is 1040. The average Bonchev–Trinajstić information content (AvgIpc) is 3.45. The first-order valence-corrected chi connectivity index (χ1v) is 10.6. The maximum absolute atomic E-state index is 13.0. The lowest BCUT2D eigenvalue weighted by Crippen LogP contribution is -2.40. The van der Waals surface area contributed by atoms with Crippen LogP contribution in [0.4, 0.5) is 0 Å². The highest BCUT2D eigenvalue weighted by atomic mass is 16.3. The molecule has 1 saturated carbocycles. The van der Waals surface area contributed by atoms with E-state index >= 15 is 0 Å². The normalized spacial score (nSPS) is 19.3. The minimum Gasteiger partial charge on any atom is -0.436 e. The summed E-state index contributed by atoms with van der Waals surface area (Å²) in [6, 6.07) is 14.6. The zero-order chi connectivity index (χ0) is 22.0. The van der Waals surface area contributed by atoms with Gasteiger partial charge in [-0.15, -0.1) is 0 Å². The third-order valence-electron chi connectivity index (χ3n) is 5.98. The van der Waals surface area contributed by atoms with Gasteiger partial charge in [-0.3, -0.25) is 9.59 Å². The number of fused-ring (bicyclic) bond motifs is 1. The van der Waals surface area contributed by atoms with E-state index in [2.05, 4.69) is 10.3 Å². The summed E-state index contributed by atoms with van der Waals surface area (Å²) >= 11 is 0. The second-order valence-electron chi connectivity index (χ2n) is 8.24. The first-order valence-electron chi connectivity index (χ1n) is 10.6. The molecule has 1 heterocycles. The van der Waals surface area contributed by atoms with Gasteiger partial charge in [0.1, 0.15) is 5.52 Å². The maximum atomic E-state index is 13.0. The number of para-hydroxylation sites is 2. The smallest absolute Gasteiger partial charge is 0.253 e. The van der Waals surface area contributed by atoms with E-state index in [-0.39, 0.29) is 36.4 Å². The van der Waals surface area contributed by atoms with Gasteiger partial charge in [0.05, 0.1) is 6.61 Å². The van der Waals surface area contributed by atoms with Gasteiger partial charge >= 0.3 is 0 Å². The van der Waals surface area contributed by atoms with Crippen LogP contribution in [0.25, 0.3) is 22.6 Å². The number of rotatable bonds is 6. The first kappa shape index (κ1) is 21.1. The number of aliphatic hydroxyl groups excluding tert-OH is 1. The molecule has 1 fully saturated rings. The molecule has 1 aromatic heterocycles. The largest absolute Gasteiger partial charge is 0.436 e. The summed E-state index contributed by atoms with van der Waals surface area (Å²) in [5, 5.41) is 11.9. The van der Waals surface area contributed by atoms with Crippen molar-refractivity contribution in [3.05, 3.63) is 54.1 Å². The molecule has 4 rings (SSSR count). The Labute approximate surface area is 181 Å². The number of carbonyl (C=O) groups excluding carboxylic acids is 2. The molecule has 7 nitrogen and oxygen atoms in total. The second kappa shape index (κ2) is 8.89. The van der Waals surface area contributed by atoms with Crippen molar-refractivity contribution in [1.29, 1.82) is 0 Å². The predicted molar refractivity (Wildman–Crippen MR) is 117 cm³/mol. The third-order valence-corrected chi connectivity index (χ3v) is 5.98. The number of hydrogen-bond acceptors (Lipinski definition) is 5. The Hall–Kier alpha value is -3.19. The second-order valence-corrected chi connectivity index (χ2v) is 8.24. The first-order chi connectivity index (χ1) is 15.0. The molecule has 3 atom stereocenters. The fourth-order valence-electron chi connectivity index (χ4n) is 4.07. The van der Waals surface area contributed by atoms with Crippen molar-refractivity contribution in [2.24, 2.45) is 5.92 Å². The lowest BCUT2D eigenvalue weighted by atomic mass is 10.1. The van der Waals surface area contributed by atoms with Gasteiger partial charge < -0.3 is 19.7 Å². The van der Waals surface area contributed by atoms with Gasteiger partial charge in [0.2, 0.25) is 11.8 Å².